The summed E-state index contributed by atoms with van der Waals surface area (Å²) in [6, 6.07) is 0. The highest BCUT2D eigenvalue weighted by atomic mass is 16.3. The third-order valence-electron chi connectivity index (χ3n) is 8.90. The topological polar surface area (TPSA) is 115 Å². The van der Waals surface area contributed by atoms with Crippen molar-refractivity contribution in [3.63, 3.8) is 0 Å². The van der Waals surface area contributed by atoms with Gasteiger partial charge in [0.1, 0.15) is 12.2 Å². The van der Waals surface area contributed by atoms with E-state index < -0.39 is 41.0 Å². The Bertz CT molecular complexity index is 731. The standard InChI is InChI=1S/C22H32O6/c1-20-7-5-12(24)8-15(20)16(25)9-13-14-4-3-6-22(28,18(27)11-23)21(14,2)10-17(26)19(13)20/h8,13-14,16-17,19,23,25-26,28H,3-7,9-11H2,1-2H3/t13-,14-,16+,17-,19+,20-,21-,22-/m0/s1. The summed E-state index contributed by atoms with van der Waals surface area (Å²) in [5.41, 5.74) is -2.20. The fourth-order valence-corrected chi connectivity index (χ4v) is 7.55. The molecule has 0 unspecified atom stereocenters. The number of hydrogen-bond donors (Lipinski definition) is 4. The normalized spacial score (nSPS) is 50.9. The second kappa shape index (κ2) is 6.46. The lowest BCUT2D eigenvalue weighted by molar-refractivity contribution is -0.223. The van der Waals surface area contributed by atoms with Gasteiger partial charge >= 0.3 is 0 Å². The molecule has 0 spiro atoms. The molecule has 156 valence electrons. The van der Waals surface area contributed by atoms with Crippen molar-refractivity contribution < 1.29 is 30.0 Å². The van der Waals surface area contributed by atoms with Gasteiger partial charge in [0.25, 0.3) is 0 Å². The molecule has 8 atom stereocenters. The summed E-state index contributed by atoms with van der Waals surface area (Å²) < 4.78 is 0. The van der Waals surface area contributed by atoms with Crippen LogP contribution in [0.5, 0.6) is 0 Å². The molecular weight excluding hydrogens is 360 g/mol. The number of allylic oxidation sites excluding steroid dienone is 1. The minimum atomic E-state index is -1.65. The Kier molecular flexibility index (Phi) is 4.66. The highest BCUT2D eigenvalue weighted by molar-refractivity contribution is 5.92. The van der Waals surface area contributed by atoms with E-state index in [9.17, 15) is 30.0 Å². The van der Waals surface area contributed by atoms with E-state index in [2.05, 4.69) is 0 Å². The van der Waals surface area contributed by atoms with Crippen LogP contribution < -0.4 is 0 Å². The first kappa shape index (κ1) is 20.2. The molecule has 0 aromatic carbocycles. The van der Waals surface area contributed by atoms with Crippen LogP contribution >= 0.6 is 0 Å². The largest absolute Gasteiger partial charge is 0.393 e. The van der Waals surface area contributed by atoms with Crippen LogP contribution in [0.1, 0.15) is 58.8 Å². The number of ketones is 2. The van der Waals surface area contributed by atoms with E-state index in [1.54, 1.807) is 6.08 Å². The van der Waals surface area contributed by atoms with E-state index >= 15 is 0 Å². The number of fused-ring (bicyclic) bond motifs is 5. The molecule has 6 heteroatoms. The lowest BCUT2D eigenvalue weighted by atomic mass is 9.41. The second-order valence-corrected chi connectivity index (χ2v) is 10.1. The van der Waals surface area contributed by atoms with Gasteiger partial charge in [0.15, 0.2) is 11.6 Å². The summed E-state index contributed by atoms with van der Waals surface area (Å²) in [7, 11) is 0. The summed E-state index contributed by atoms with van der Waals surface area (Å²) in [5.74, 6) is -0.726. The van der Waals surface area contributed by atoms with Gasteiger partial charge in [0, 0.05) is 11.8 Å². The average Bonchev–Trinajstić information content (AvgIpc) is 2.63. The maximum Gasteiger partial charge on any atom is 0.190 e. The van der Waals surface area contributed by atoms with Crippen LogP contribution in [0.3, 0.4) is 0 Å². The predicted molar refractivity (Wildman–Crippen MR) is 101 cm³/mol. The molecule has 4 aliphatic rings. The van der Waals surface area contributed by atoms with Crippen LogP contribution in [-0.4, -0.2) is 56.4 Å². The molecule has 0 bridgehead atoms. The number of Topliss-reactive ketones (excluding diaryl/α,β-unsaturated/α-hetero) is 1. The van der Waals surface area contributed by atoms with Crippen LogP contribution in [0.2, 0.25) is 0 Å². The van der Waals surface area contributed by atoms with Crippen molar-refractivity contribution in [2.24, 2.45) is 28.6 Å². The number of carbonyl (C=O) groups excluding carboxylic acids is 2. The maximum absolute atomic E-state index is 12.5. The first-order chi connectivity index (χ1) is 13.1. The van der Waals surface area contributed by atoms with Crippen molar-refractivity contribution in [2.45, 2.75) is 76.6 Å². The van der Waals surface area contributed by atoms with Crippen LogP contribution in [0.4, 0.5) is 0 Å². The lowest BCUT2D eigenvalue weighted by Crippen LogP contribution is -2.68. The Morgan fingerprint density at radius 2 is 1.96 bits per heavy atom. The maximum atomic E-state index is 12.5. The zero-order valence-electron chi connectivity index (χ0n) is 16.7. The summed E-state index contributed by atoms with van der Waals surface area (Å²) in [6.07, 6.45) is 3.63. The van der Waals surface area contributed by atoms with Gasteiger partial charge in [-0.1, -0.05) is 13.8 Å². The summed E-state index contributed by atoms with van der Waals surface area (Å²) in [6.45, 7) is 3.21. The third kappa shape index (κ3) is 2.47. The van der Waals surface area contributed by atoms with E-state index in [-0.39, 0.29) is 30.0 Å². The first-order valence-electron chi connectivity index (χ1n) is 10.6. The molecule has 6 nitrogen and oxygen atoms in total. The number of rotatable bonds is 2. The van der Waals surface area contributed by atoms with Gasteiger partial charge in [-0.3, -0.25) is 9.59 Å². The molecule has 4 rings (SSSR count). The highest BCUT2D eigenvalue weighted by Gasteiger charge is 2.67. The Hall–Kier alpha value is -1.08. The van der Waals surface area contributed by atoms with Crippen LogP contribution in [0.25, 0.3) is 0 Å². The molecule has 4 aliphatic carbocycles. The smallest absolute Gasteiger partial charge is 0.190 e. The van der Waals surface area contributed by atoms with E-state index in [1.807, 2.05) is 13.8 Å². The van der Waals surface area contributed by atoms with Gasteiger partial charge in [-0.15, -0.1) is 0 Å². The number of carbonyl (C=O) groups is 2. The summed E-state index contributed by atoms with van der Waals surface area (Å²) in [5, 5.41) is 43.0. The lowest BCUT2D eigenvalue weighted by Gasteiger charge is -2.65. The quantitative estimate of drug-likeness (QED) is 0.560. The SMILES string of the molecule is C[C@]12CCC(=O)C=C1[C@H](O)C[C@@H]1[C@@H]2[C@@H](O)C[C@@]2(C)[C@H]1CCC[C@]2(O)C(=O)CO. The van der Waals surface area contributed by atoms with Crippen LogP contribution in [0.15, 0.2) is 11.6 Å². The highest BCUT2D eigenvalue weighted by Crippen LogP contribution is 2.66. The van der Waals surface area contributed by atoms with Gasteiger partial charge in [0.05, 0.1) is 12.2 Å². The minimum Gasteiger partial charge on any atom is -0.393 e. The van der Waals surface area contributed by atoms with Crippen molar-refractivity contribution >= 4 is 11.6 Å². The fraction of sp³-hybridized carbons (Fsp3) is 0.818. The van der Waals surface area contributed by atoms with E-state index in [0.29, 0.717) is 32.1 Å². The zero-order valence-corrected chi connectivity index (χ0v) is 16.7. The molecule has 4 N–H and O–H groups in total. The monoisotopic (exact) mass is 392 g/mol. The Balaban J connectivity index is 1.79. The van der Waals surface area contributed by atoms with E-state index in [0.717, 1.165) is 12.0 Å². The van der Waals surface area contributed by atoms with E-state index in [4.69, 9.17) is 0 Å². The molecule has 3 fully saturated rings. The van der Waals surface area contributed by atoms with Crippen molar-refractivity contribution in [3.05, 3.63) is 11.6 Å². The molecule has 0 radical (unpaired) electrons. The van der Waals surface area contributed by atoms with Crippen molar-refractivity contribution in [1.82, 2.24) is 0 Å². The van der Waals surface area contributed by atoms with Crippen molar-refractivity contribution in [2.75, 3.05) is 6.61 Å². The van der Waals surface area contributed by atoms with Crippen molar-refractivity contribution in [1.29, 1.82) is 0 Å². The first-order valence-corrected chi connectivity index (χ1v) is 10.6. The number of aliphatic hydroxyl groups excluding tert-OH is 3. The van der Waals surface area contributed by atoms with Gasteiger partial charge in [-0.05, 0) is 73.3 Å². The Labute approximate surface area is 165 Å². The molecule has 0 aliphatic heterocycles. The molecule has 0 amide bonds. The predicted octanol–water partition coefficient (Wildman–Crippen LogP) is 1.14. The second-order valence-electron chi connectivity index (χ2n) is 10.1. The van der Waals surface area contributed by atoms with E-state index in [1.165, 1.54) is 0 Å². The molecule has 0 saturated heterocycles. The number of hydrogen-bond acceptors (Lipinski definition) is 6. The van der Waals surface area contributed by atoms with Gasteiger partial charge in [-0.2, -0.15) is 0 Å². The summed E-state index contributed by atoms with van der Waals surface area (Å²) in [4.78, 5) is 24.5. The Morgan fingerprint density at radius 3 is 2.64 bits per heavy atom. The zero-order chi connectivity index (χ0) is 20.5. The molecule has 0 heterocycles. The molecule has 0 aromatic heterocycles. The van der Waals surface area contributed by atoms with Crippen LogP contribution in [-0.2, 0) is 9.59 Å². The summed E-state index contributed by atoms with van der Waals surface area (Å²) >= 11 is 0. The van der Waals surface area contributed by atoms with Gasteiger partial charge in [-0.25, -0.2) is 0 Å². The van der Waals surface area contributed by atoms with Gasteiger partial charge in [0.2, 0.25) is 0 Å². The Morgan fingerprint density at radius 1 is 1.25 bits per heavy atom. The van der Waals surface area contributed by atoms with Crippen molar-refractivity contribution in [3.8, 4) is 0 Å². The molecule has 0 aromatic rings. The molecular formula is C22H32O6. The minimum absolute atomic E-state index is 0.0270. The molecule has 3 saturated carbocycles. The average molecular weight is 392 g/mol. The number of aliphatic hydroxyl groups is 4. The molecule has 28 heavy (non-hydrogen) atoms. The van der Waals surface area contributed by atoms with Crippen LogP contribution in [0, 0.1) is 28.6 Å². The van der Waals surface area contributed by atoms with Gasteiger partial charge < -0.3 is 20.4 Å². The fourth-order valence-electron chi connectivity index (χ4n) is 7.55. The third-order valence-corrected chi connectivity index (χ3v) is 8.90.